The summed E-state index contributed by atoms with van der Waals surface area (Å²) in [6, 6.07) is 5.87. The van der Waals surface area contributed by atoms with Crippen molar-refractivity contribution in [2.24, 2.45) is 0 Å². The Morgan fingerprint density at radius 1 is 1.50 bits per heavy atom. The molecule has 0 fully saturated rings. The lowest BCUT2D eigenvalue weighted by Crippen LogP contribution is -2.05. The fourth-order valence-electron chi connectivity index (χ4n) is 1.64. The minimum absolute atomic E-state index is 0.0651. The number of carbonyl (C=O) groups excluding carboxylic acids is 1. The van der Waals surface area contributed by atoms with Gasteiger partial charge in [0.15, 0.2) is 0 Å². The molecule has 0 saturated heterocycles. The second-order valence-electron chi connectivity index (χ2n) is 3.75. The maximum Gasteiger partial charge on any atom is 0.228 e. The number of carbonyl (C=O) groups is 1. The molecule has 0 bridgehead atoms. The van der Waals surface area contributed by atoms with E-state index in [1.807, 2.05) is 25.2 Å². The Hall–Kier alpha value is -1.79. The highest BCUT2D eigenvalue weighted by molar-refractivity contribution is 5.99. The fraction of sp³-hybridized carbons (Fsp3) is 0.308. The summed E-state index contributed by atoms with van der Waals surface area (Å²) in [4.78, 5) is 11.2. The largest absolute Gasteiger partial charge is 0.325 e. The zero-order chi connectivity index (χ0) is 11.4. The molecule has 1 aliphatic heterocycles. The van der Waals surface area contributed by atoms with Gasteiger partial charge in [-0.3, -0.25) is 4.79 Å². The first-order valence-corrected chi connectivity index (χ1v) is 5.36. The van der Waals surface area contributed by atoms with Crippen LogP contribution in [0.5, 0.6) is 0 Å². The summed E-state index contributed by atoms with van der Waals surface area (Å²) in [5, 5.41) is 5.86. The molecular weight excluding hydrogens is 200 g/mol. The molecule has 3 heteroatoms. The van der Waals surface area contributed by atoms with Gasteiger partial charge in [-0.05, 0) is 24.7 Å². The molecule has 3 nitrogen and oxygen atoms in total. The molecule has 0 unspecified atom stereocenters. The van der Waals surface area contributed by atoms with Crippen LogP contribution in [0.25, 0.3) is 0 Å². The van der Waals surface area contributed by atoms with E-state index in [1.165, 1.54) is 0 Å². The molecule has 1 heterocycles. The summed E-state index contributed by atoms with van der Waals surface area (Å²) in [6.45, 7) is 0.897. The van der Waals surface area contributed by atoms with Gasteiger partial charge >= 0.3 is 0 Å². The van der Waals surface area contributed by atoms with Gasteiger partial charge in [0.2, 0.25) is 5.91 Å². The highest BCUT2D eigenvalue weighted by atomic mass is 16.1. The minimum atomic E-state index is 0.0651. The van der Waals surface area contributed by atoms with Crippen molar-refractivity contribution in [3.63, 3.8) is 0 Å². The minimum Gasteiger partial charge on any atom is -0.325 e. The molecular formula is C13H14N2O. The average molecular weight is 214 g/mol. The molecule has 0 aliphatic carbocycles. The van der Waals surface area contributed by atoms with E-state index >= 15 is 0 Å². The monoisotopic (exact) mass is 214 g/mol. The Labute approximate surface area is 95.2 Å². The first kappa shape index (κ1) is 10.7. The van der Waals surface area contributed by atoms with Crippen molar-refractivity contribution in [2.75, 3.05) is 18.9 Å². The SMILES string of the molecule is CNCCC#Cc1ccc2c(c1)NC(=O)C2. The number of fused-ring (bicyclic) bond motifs is 1. The van der Waals surface area contributed by atoms with Gasteiger partial charge in [0.05, 0.1) is 6.42 Å². The lowest BCUT2D eigenvalue weighted by molar-refractivity contribution is -0.115. The van der Waals surface area contributed by atoms with E-state index in [2.05, 4.69) is 22.5 Å². The van der Waals surface area contributed by atoms with E-state index in [4.69, 9.17) is 0 Å². The van der Waals surface area contributed by atoms with Crippen molar-refractivity contribution in [2.45, 2.75) is 12.8 Å². The molecule has 1 aromatic carbocycles. The third-order valence-electron chi connectivity index (χ3n) is 2.47. The highest BCUT2D eigenvalue weighted by Gasteiger charge is 2.16. The summed E-state index contributed by atoms with van der Waals surface area (Å²) in [7, 11) is 1.91. The molecule has 0 spiro atoms. The molecule has 0 atom stereocenters. The number of benzene rings is 1. The van der Waals surface area contributed by atoms with Crippen LogP contribution < -0.4 is 10.6 Å². The number of amides is 1. The molecule has 0 aromatic heterocycles. The van der Waals surface area contributed by atoms with Gasteiger partial charge in [-0.1, -0.05) is 17.9 Å². The smallest absolute Gasteiger partial charge is 0.228 e. The lowest BCUT2D eigenvalue weighted by atomic mass is 10.1. The van der Waals surface area contributed by atoms with E-state index in [0.717, 1.165) is 29.8 Å². The second-order valence-corrected chi connectivity index (χ2v) is 3.75. The number of rotatable bonds is 2. The van der Waals surface area contributed by atoms with Gasteiger partial charge in [-0.15, -0.1) is 0 Å². The summed E-state index contributed by atoms with van der Waals surface area (Å²) < 4.78 is 0. The van der Waals surface area contributed by atoms with Crippen LogP contribution in [0.2, 0.25) is 0 Å². The first-order chi connectivity index (χ1) is 7.79. The zero-order valence-electron chi connectivity index (χ0n) is 9.26. The van der Waals surface area contributed by atoms with Crippen LogP contribution in [0.3, 0.4) is 0 Å². The van der Waals surface area contributed by atoms with Gasteiger partial charge in [0, 0.05) is 24.2 Å². The predicted octanol–water partition coefficient (Wildman–Crippen LogP) is 1.14. The van der Waals surface area contributed by atoms with E-state index in [9.17, 15) is 4.79 Å². The quantitative estimate of drug-likeness (QED) is 0.572. The van der Waals surface area contributed by atoms with Crippen LogP contribution in [-0.2, 0) is 11.2 Å². The van der Waals surface area contributed by atoms with Crippen LogP contribution >= 0.6 is 0 Å². The van der Waals surface area contributed by atoms with Gasteiger partial charge in [-0.25, -0.2) is 0 Å². The molecule has 82 valence electrons. The fourth-order valence-corrected chi connectivity index (χ4v) is 1.64. The van der Waals surface area contributed by atoms with Crippen molar-refractivity contribution in [1.29, 1.82) is 0 Å². The van der Waals surface area contributed by atoms with E-state index in [0.29, 0.717) is 6.42 Å². The normalized spacial score (nSPS) is 12.7. The van der Waals surface area contributed by atoms with Crippen LogP contribution in [-0.4, -0.2) is 19.5 Å². The van der Waals surface area contributed by atoms with Crippen LogP contribution in [0.15, 0.2) is 18.2 Å². The van der Waals surface area contributed by atoms with E-state index in [1.54, 1.807) is 0 Å². The Kier molecular flexibility index (Phi) is 3.23. The molecule has 0 radical (unpaired) electrons. The number of hydrogen-bond acceptors (Lipinski definition) is 2. The first-order valence-electron chi connectivity index (χ1n) is 5.36. The molecule has 2 rings (SSSR count). The molecule has 1 aliphatic rings. The van der Waals surface area contributed by atoms with E-state index in [-0.39, 0.29) is 5.91 Å². The van der Waals surface area contributed by atoms with Crippen molar-refractivity contribution in [3.05, 3.63) is 29.3 Å². The van der Waals surface area contributed by atoms with Crippen molar-refractivity contribution in [1.82, 2.24) is 5.32 Å². The Morgan fingerprint density at radius 3 is 3.19 bits per heavy atom. The Bertz CT molecular complexity index is 469. The Balaban J connectivity index is 2.09. The number of anilines is 1. The topological polar surface area (TPSA) is 41.1 Å². The summed E-state index contributed by atoms with van der Waals surface area (Å²) in [5.41, 5.74) is 2.92. The summed E-state index contributed by atoms with van der Waals surface area (Å²) in [6.07, 6.45) is 1.32. The van der Waals surface area contributed by atoms with Gasteiger partial charge in [0.1, 0.15) is 0 Å². The highest BCUT2D eigenvalue weighted by Crippen LogP contribution is 2.23. The molecule has 0 saturated carbocycles. The third-order valence-corrected chi connectivity index (χ3v) is 2.47. The van der Waals surface area contributed by atoms with Gasteiger partial charge in [0.25, 0.3) is 0 Å². The van der Waals surface area contributed by atoms with E-state index < -0.39 is 0 Å². The van der Waals surface area contributed by atoms with Crippen molar-refractivity contribution < 1.29 is 4.79 Å². The van der Waals surface area contributed by atoms with Crippen molar-refractivity contribution >= 4 is 11.6 Å². The van der Waals surface area contributed by atoms with Crippen LogP contribution in [0.4, 0.5) is 5.69 Å². The maximum absolute atomic E-state index is 11.2. The number of hydrogen-bond donors (Lipinski definition) is 2. The lowest BCUT2D eigenvalue weighted by Gasteiger charge is -1.98. The maximum atomic E-state index is 11.2. The van der Waals surface area contributed by atoms with Gasteiger partial charge in [-0.2, -0.15) is 0 Å². The third kappa shape index (κ3) is 2.41. The van der Waals surface area contributed by atoms with Crippen molar-refractivity contribution in [3.8, 4) is 11.8 Å². The molecule has 16 heavy (non-hydrogen) atoms. The molecule has 1 aromatic rings. The molecule has 2 N–H and O–H groups in total. The summed E-state index contributed by atoms with van der Waals surface area (Å²) >= 11 is 0. The average Bonchev–Trinajstić information content (AvgIpc) is 2.64. The second kappa shape index (κ2) is 4.82. The van der Waals surface area contributed by atoms with Crippen LogP contribution in [0.1, 0.15) is 17.5 Å². The molecule has 1 amide bonds. The standard InChI is InChI=1S/C13H14N2O/c1-14-7-3-2-4-10-5-6-11-9-13(16)15-12(11)8-10/h5-6,8,14H,3,7,9H2,1H3,(H,15,16). The predicted molar refractivity (Wildman–Crippen MR) is 64.2 cm³/mol. The Morgan fingerprint density at radius 2 is 2.38 bits per heavy atom. The zero-order valence-corrected chi connectivity index (χ0v) is 9.26. The van der Waals surface area contributed by atoms with Crippen LogP contribution in [0, 0.1) is 11.8 Å². The summed E-state index contributed by atoms with van der Waals surface area (Å²) in [5.74, 6) is 6.23. The number of nitrogens with one attached hydrogen (secondary N) is 2. The van der Waals surface area contributed by atoms with Gasteiger partial charge < -0.3 is 10.6 Å².